The van der Waals surface area contributed by atoms with E-state index in [0.29, 0.717) is 6.04 Å². The lowest BCUT2D eigenvalue weighted by atomic mass is 9.95. The Morgan fingerprint density at radius 1 is 0.933 bits per heavy atom. The van der Waals surface area contributed by atoms with Crippen LogP contribution in [-0.2, 0) is 7.05 Å². The van der Waals surface area contributed by atoms with Gasteiger partial charge in [0.15, 0.2) is 5.65 Å². The highest BCUT2D eigenvalue weighted by Crippen LogP contribution is 2.28. The molecule has 0 amide bonds. The number of hydrogen-bond acceptors (Lipinski definition) is 6. The van der Waals surface area contributed by atoms with E-state index in [1.807, 2.05) is 30.1 Å². The number of rotatable bonds is 4. The van der Waals surface area contributed by atoms with Crippen molar-refractivity contribution >= 4 is 28.5 Å². The van der Waals surface area contributed by atoms with Crippen LogP contribution < -0.4 is 15.1 Å². The Morgan fingerprint density at radius 2 is 1.63 bits per heavy atom. The predicted octanol–water partition coefficient (Wildman–Crippen LogP) is 3.57. The summed E-state index contributed by atoms with van der Waals surface area (Å²) in [5.74, 6) is 1.45. The third-order valence-corrected chi connectivity index (χ3v) is 6.28. The van der Waals surface area contributed by atoms with Crippen molar-refractivity contribution in [1.29, 1.82) is 0 Å². The molecule has 158 valence electrons. The Kier molecular flexibility index (Phi) is 5.14. The third-order valence-electron chi connectivity index (χ3n) is 6.28. The molecule has 1 aliphatic carbocycles. The summed E-state index contributed by atoms with van der Waals surface area (Å²) >= 11 is 0. The van der Waals surface area contributed by atoms with Gasteiger partial charge in [0.2, 0.25) is 5.95 Å². The summed E-state index contributed by atoms with van der Waals surface area (Å²) in [6, 6.07) is 7.19. The fourth-order valence-electron chi connectivity index (χ4n) is 4.52. The van der Waals surface area contributed by atoms with Gasteiger partial charge < -0.3 is 15.1 Å². The van der Waals surface area contributed by atoms with E-state index in [9.17, 15) is 4.39 Å². The van der Waals surface area contributed by atoms with Crippen LogP contribution in [0.25, 0.3) is 11.0 Å². The van der Waals surface area contributed by atoms with Crippen LogP contribution in [0.5, 0.6) is 0 Å². The van der Waals surface area contributed by atoms with E-state index in [1.54, 1.807) is 0 Å². The van der Waals surface area contributed by atoms with Crippen LogP contribution in [-0.4, -0.2) is 52.0 Å². The van der Waals surface area contributed by atoms with Crippen molar-refractivity contribution in [3.05, 3.63) is 36.3 Å². The van der Waals surface area contributed by atoms with Gasteiger partial charge >= 0.3 is 0 Å². The second-order valence-corrected chi connectivity index (χ2v) is 8.31. The second kappa shape index (κ2) is 8.08. The first-order valence-corrected chi connectivity index (χ1v) is 10.9. The fraction of sp³-hybridized carbons (Fsp3) is 0.500. The molecule has 3 heterocycles. The van der Waals surface area contributed by atoms with Crippen LogP contribution in [0, 0.1) is 5.82 Å². The molecule has 0 unspecified atom stereocenters. The molecule has 30 heavy (non-hydrogen) atoms. The quantitative estimate of drug-likeness (QED) is 0.711. The van der Waals surface area contributed by atoms with Gasteiger partial charge in [0, 0.05) is 45.0 Å². The number of hydrogen-bond donors (Lipinski definition) is 1. The van der Waals surface area contributed by atoms with Gasteiger partial charge in [0.25, 0.3) is 0 Å². The number of benzene rings is 1. The van der Waals surface area contributed by atoms with E-state index in [-0.39, 0.29) is 5.82 Å². The first-order chi connectivity index (χ1) is 14.7. The molecule has 0 atom stereocenters. The molecule has 2 fully saturated rings. The minimum Gasteiger partial charge on any atom is -0.368 e. The van der Waals surface area contributed by atoms with Crippen molar-refractivity contribution in [2.45, 2.75) is 38.1 Å². The van der Waals surface area contributed by atoms with E-state index in [2.05, 4.69) is 20.2 Å². The largest absolute Gasteiger partial charge is 0.368 e. The van der Waals surface area contributed by atoms with E-state index >= 15 is 0 Å². The van der Waals surface area contributed by atoms with Crippen LogP contribution in [0.1, 0.15) is 32.1 Å². The minimum atomic E-state index is -0.201. The molecule has 1 aliphatic heterocycles. The smallest absolute Gasteiger partial charge is 0.229 e. The summed E-state index contributed by atoms with van der Waals surface area (Å²) in [7, 11) is 1.93. The summed E-state index contributed by atoms with van der Waals surface area (Å²) in [6.07, 6.45) is 8.12. The Balaban J connectivity index is 1.36. The number of fused-ring (bicyclic) bond motifs is 1. The van der Waals surface area contributed by atoms with Crippen LogP contribution in [0.2, 0.25) is 0 Å². The number of aryl methyl sites for hydroxylation is 1. The molecule has 8 heteroatoms. The topological polar surface area (TPSA) is 62.1 Å². The van der Waals surface area contributed by atoms with E-state index in [0.717, 1.165) is 54.7 Å². The Labute approximate surface area is 175 Å². The highest BCUT2D eigenvalue weighted by molar-refractivity contribution is 5.87. The fourth-order valence-corrected chi connectivity index (χ4v) is 4.52. The molecular weight excluding hydrogens is 381 g/mol. The number of piperazine rings is 1. The zero-order chi connectivity index (χ0) is 20.5. The Bertz CT molecular complexity index is 1000. The van der Waals surface area contributed by atoms with Gasteiger partial charge in [-0.05, 0) is 37.1 Å². The van der Waals surface area contributed by atoms with Gasteiger partial charge in [-0.25, -0.2) is 4.39 Å². The highest BCUT2D eigenvalue weighted by Gasteiger charge is 2.23. The Morgan fingerprint density at radius 3 is 2.37 bits per heavy atom. The number of nitrogens with one attached hydrogen (secondary N) is 1. The summed E-state index contributed by atoms with van der Waals surface area (Å²) in [5, 5.41) is 9.07. The summed E-state index contributed by atoms with van der Waals surface area (Å²) in [5.41, 5.74) is 1.91. The van der Waals surface area contributed by atoms with Gasteiger partial charge in [-0.2, -0.15) is 15.1 Å². The molecule has 1 N–H and O–H groups in total. The average Bonchev–Trinajstić information content (AvgIpc) is 3.16. The maximum absolute atomic E-state index is 13.2. The van der Waals surface area contributed by atoms with E-state index in [4.69, 9.17) is 9.97 Å². The van der Waals surface area contributed by atoms with Gasteiger partial charge in [-0.3, -0.25) is 4.68 Å². The number of halogens is 1. The van der Waals surface area contributed by atoms with Crippen LogP contribution >= 0.6 is 0 Å². The molecule has 0 spiro atoms. The molecule has 0 radical (unpaired) electrons. The zero-order valence-corrected chi connectivity index (χ0v) is 17.4. The molecule has 2 aromatic heterocycles. The van der Waals surface area contributed by atoms with Crippen molar-refractivity contribution < 1.29 is 4.39 Å². The number of nitrogens with zero attached hydrogens (tertiary/aromatic N) is 6. The molecule has 7 nitrogen and oxygen atoms in total. The number of aromatic nitrogens is 4. The molecule has 2 aliphatic rings. The molecule has 5 rings (SSSR count). The lowest BCUT2D eigenvalue weighted by molar-refractivity contribution is 0.462. The molecule has 0 bridgehead atoms. The normalized spacial score (nSPS) is 18.2. The number of anilines is 3. The molecule has 1 aromatic carbocycles. The van der Waals surface area contributed by atoms with Crippen LogP contribution in [0.3, 0.4) is 0 Å². The standard InChI is InChI=1S/C22H28FN7/c1-28-21-19(15-24-28)20(25-17-5-3-2-4-6-17)26-22(27-21)30-13-11-29(12-14-30)18-9-7-16(23)8-10-18/h7-10,15,17H,2-6,11-14H2,1H3,(H,25,26,27). The molecule has 1 saturated heterocycles. The SMILES string of the molecule is Cn1ncc2c(NC3CCCCC3)nc(N3CCN(c4ccc(F)cc4)CC3)nc21. The van der Waals surface area contributed by atoms with Crippen molar-refractivity contribution in [3.63, 3.8) is 0 Å². The van der Waals surface area contributed by atoms with E-state index < -0.39 is 0 Å². The van der Waals surface area contributed by atoms with Crippen molar-refractivity contribution in [2.24, 2.45) is 7.05 Å². The van der Waals surface area contributed by atoms with E-state index in [1.165, 1.54) is 44.2 Å². The predicted molar refractivity (Wildman–Crippen MR) is 118 cm³/mol. The first kappa shape index (κ1) is 19.1. The van der Waals surface area contributed by atoms with Gasteiger partial charge in [0.1, 0.15) is 11.6 Å². The van der Waals surface area contributed by atoms with Crippen molar-refractivity contribution in [3.8, 4) is 0 Å². The minimum absolute atomic E-state index is 0.201. The summed E-state index contributed by atoms with van der Waals surface area (Å²) in [4.78, 5) is 14.3. The summed E-state index contributed by atoms with van der Waals surface area (Å²) in [6.45, 7) is 3.35. The van der Waals surface area contributed by atoms with Crippen molar-refractivity contribution in [1.82, 2.24) is 19.7 Å². The Hall–Kier alpha value is -2.90. The average molecular weight is 410 g/mol. The zero-order valence-electron chi connectivity index (χ0n) is 17.4. The van der Waals surface area contributed by atoms with Crippen LogP contribution in [0.4, 0.5) is 21.8 Å². The maximum atomic E-state index is 13.2. The van der Waals surface area contributed by atoms with Crippen molar-refractivity contribution in [2.75, 3.05) is 41.3 Å². The van der Waals surface area contributed by atoms with Gasteiger partial charge in [0.05, 0.1) is 11.6 Å². The molecule has 1 saturated carbocycles. The maximum Gasteiger partial charge on any atom is 0.229 e. The van der Waals surface area contributed by atoms with Gasteiger partial charge in [-0.1, -0.05) is 19.3 Å². The highest BCUT2D eigenvalue weighted by atomic mass is 19.1. The monoisotopic (exact) mass is 409 g/mol. The lowest BCUT2D eigenvalue weighted by Crippen LogP contribution is -2.47. The molecule has 3 aromatic rings. The van der Waals surface area contributed by atoms with Crippen LogP contribution in [0.15, 0.2) is 30.5 Å². The molecular formula is C22H28FN7. The lowest BCUT2D eigenvalue weighted by Gasteiger charge is -2.36. The third kappa shape index (κ3) is 3.78. The van der Waals surface area contributed by atoms with Gasteiger partial charge in [-0.15, -0.1) is 0 Å². The first-order valence-electron chi connectivity index (χ1n) is 10.9. The second-order valence-electron chi connectivity index (χ2n) is 8.31. The summed E-state index contributed by atoms with van der Waals surface area (Å²) < 4.78 is 15.0.